The molecule has 126 valence electrons. The first-order valence-corrected chi connectivity index (χ1v) is 7.87. The fourth-order valence-corrected chi connectivity index (χ4v) is 3.03. The van der Waals surface area contributed by atoms with Gasteiger partial charge >= 0.3 is 0 Å². The van der Waals surface area contributed by atoms with Gasteiger partial charge < -0.3 is 14.3 Å². The van der Waals surface area contributed by atoms with Gasteiger partial charge in [0.15, 0.2) is 11.6 Å². The van der Waals surface area contributed by atoms with Gasteiger partial charge in [-0.05, 0) is 37.3 Å². The summed E-state index contributed by atoms with van der Waals surface area (Å²) in [7, 11) is 0. The van der Waals surface area contributed by atoms with Crippen LogP contribution in [0.4, 0.5) is 14.5 Å². The molecule has 0 radical (unpaired) electrons. The zero-order chi connectivity index (χ0) is 16.8. The Morgan fingerprint density at radius 1 is 1.42 bits per heavy atom. The van der Waals surface area contributed by atoms with Crippen LogP contribution in [-0.2, 0) is 6.42 Å². The molecule has 6 nitrogen and oxygen atoms in total. The maximum atomic E-state index is 13.3. The third-order valence-corrected chi connectivity index (χ3v) is 4.36. The van der Waals surface area contributed by atoms with Gasteiger partial charge in [0.05, 0.1) is 0 Å². The molecule has 2 aliphatic rings. The van der Waals surface area contributed by atoms with Crippen molar-refractivity contribution in [2.24, 2.45) is 0 Å². The van der Waals surface area contributed by atoms with Gasteiger partial charge in [0.1, 0.15) is 5.69 Å². The average molecular weight is 335 g/mol. The van der Waals surface area contributed by atoms with Crippen molar-refractivity contribution >= 4 is 11.6 Å². The molecule has 0 atom stereocenters. The molecule has 3 heterocycles. The average Bonchev–Trinajstić information content (AvgIpc) is 3.32. The van der Waals surface area contributed by atoms with Crippen LogP contribution in [0.2, 0.25) is 0 Å². The second-order valence-electron chi connectivity index (χ2n) is 6.08. The van der Waals surface area contributed by atoms with Gasteiger partial charge in [0.25, 0.3) is 17.9 Å². The lowest BCUT2D eigenvalue weighted by Gasteiger charge is -2.27. The monoisotopic (exact) mass is 335 g/mol. The van der Waals surface area contributed by atoms with Crippen molar-refractivity contribution in [2.75, 3.05) is 11.4 Å². The third kappa shape index (κ3) is 2.42. The van der Waals surface area contributed by atoms with E-state index in [4.69, 9.17) is 4.42 Å². The number of aromatic nitrogens is 2. The summed E-state index contributed by atoms with van der Waals surface area (Å²) in [5.74, 6) is -0.987. The summed E-state index contributed by atoms with van der Waals surface area (Å²) in [5.41, 5.74) is -0.125. The van der Waals surface area contributed by atoms with Crippen molar-refractivity contribution in [3.63, 3.8) is 0 Å². The molecular weight excluding hydrogens is 320 g/mol. The molecule has 1 aliphatic carbocycles. The Hall–Kier alpha value is -2.51. The Bertz CT molecular complexity index is 854. The Morgan fingerprint density at radius 3 is 2.92 bits per heavy atom. The lowest BCUT2D eigenvalue weighted by Crippen LogP contribution is -2.39. The normalized spacial score (nSPS) is 17.2. The first-order valence-electron chi connectivity index (χ1n) is 7.87. The number of anilines is 1. The molecule has 1 saturated carbocycles. The minimum atomic E-state index is -2.90. The molecule has 0 bridgehead atoms. The second kappa shape index (κ2) is 5.54. The van der Waals surface area contributed by atoms with Crippen LogP contribution in [0.15, 0.2) is 21.5 Å². The van der Waals surface area contributed by atoms with E-state index in [2.05, 4.69) is 9.97 Å². The van der Waals surface area contributed by atoms with E-state index in [9.17, 15) is 18.4 Å². The first-order chi connectivity index (χ1) is 11.6. The maximum Gasteiger partial charge on any atom is 0.296 e. The van der Waals surface area contributed by atoms with Gasteiger partial charge in [-0.2, -0.15) is 0 Å². The van der Waals surface area contributed by atoms with Crippen molar-refractivity contribution in [1.82, 2.24) is 9.97 Å². The lowest BCUT2D eigenvalue weighted by atomic mass is 10.0. The number of aromatic amines is 1. The quantitative estimate of drug-likeness (QED) is 0.935. The number of oxazole rings is 1. The zero-order valence-corrected chi connectivity index (χ0v) is 12.7. The molecular formula is C16H15F2N3O3. The van der Waals surface area contributed by atoms with Crippen molar-refractivity contribution < 1.29 is 18.0 Å². The van der Waals surface area contributed by atoms with Crippen LogP contribution in [0.5, 0.6) is 0 Å². The van der Waals surface area contributed by atoms with Crippen molar-refractivity contribution in [3.05, 3.63) is 45.5 Å². The van der Waals surface area contributed by atoms with Crippen LogP contribution in [0.1, 0.15) is 59.3 Å². The number of H-pyrrole nitrogens is 1. The van der Waals surface area contributed by atoms with Gasteiger partial charge in [0.2, 0.25) is 5.76 Å². The second-order valence-corrected chi connectivity index (χ2v) is 6.08. The number of fused-ring (bicyclic) bond motifs is 1. The summed E-state index contributed by atoms with van der Waals surface area (Å²) in [6.07, 6.45) is 1.56. The number of nitrogens with zero attached hydrogens (tertiary/aromatic N) is 2. The summed E-state index contributed by atoms with van der Waals surface area (Å²) in [4.78, 5) is 32.5. The fraction of sp³-hybridized carbons (Fsp3) is 0.438. The minimum absolute atomic E-state index is 0.0149. The van der Waals surface area contributed by atoms with Crippen molar-refractivity contribution in [2.45, 2.75) is 38.0 Å². The van der Waals surface area contributed by atoms with Crippen LogP contribution in [-0.4, -0.2) is 22.4 Å². The molecule has 8 heteroatoms. The van der Waals surface area contributed by atoms with Gasteiger partial charge in [-0.15, -0.1) is 0 Å². The fourth-order valence-electron chi connectivity index (χ4n) is 3.03. The molecule has 24 heavy (non-hydrogen) atoms. The Morgan fingerprint density at radius 2 is 2.21 bits per heavy atom. The predicted molar refractivity (Wildman–Crippen MR) is 80.5 cm³/mol. The predicted octanol–water partition coefficient (Wildman–Crippen LogP) is 2.77. The topological polar surface area (TPSA) is 79.2 Å². The van der Waals surface area contributed by atoms with Crippen LogP contribution in [0.25, 0.3) is 0 Å². The standard InChI is InChI=1S/C16H15F2N3O3/c17-13(18)10-12(24-15(20-10)9-3-4-9)16(23)21-7-1-2-8-5-6-19-14(22)11(8)21/h5-6,9,13H,1-4,7H2,(H,19,22). The molecule has 1 amide bonds. The van der Waals surface area contributed by atoms with Crippen LogP contribution in [0, 0.1) is 0 Å². The SMILES string of the molecule is O=C(c1oc(C2CC2)nc1C(F)F)N1CCCc2cc[nH]c(=O)c21. The van der Waals surface area contributed by atoms with Gasteiger partial charge in [-0.1, -0.05) is 0 Å². The largest absolute Gasteiger partial charge is 0.435 e. The number of nitrogens with one attached hydrogen (secondary N) is 1. The molecule has 0 saturated heterocycles. The van der Waals surface area contributed by atoms with E-state index in [0.717, 1.165) is 18.4 Å². The van der Waals surface area contributed by atoms with E-state index in [1.165, 1.54) is 11.1 Å². The molecule has 1 fully saturated rings. The molecule has 0 aromatic carbocycles. The van der Waals surface area contributed by atoms with E-state index in [1.807, 2.05) is 0 Å². The van der Waals surface area contributed by atoms with Crippen LogP contribution in [0.3, 0.4) is 0 Å². The molecule has 0 unspecified atom stereocenters. The zero-order valence-electron chi connectivity index (χ0n) is 12.7. The molecule has 1 N–H and O–H groups in total. The number of hydrogen-bond donors (Lipinski definition) is 1. The highest BCUT2D eigenvalue weighted by Gasteiger charge is 2.37. The van der Waals surface area contributed by atoms with Gasteiger partial charge in [-0.25, -0.2) is 13.8 Å². The number of pyridine rings is 1. The van der Waals surface area contributed by atoms with Gasteiger partial charge in [-0.3, -0.25) is 9.59 Å². The summed E-state index contributed by atoms with van der Waals surface area (Å²) in [5, 5.41) is 0. The minimum Gasteiger partial charge on any atom is -0.435 e. The van der Waals surface area contributed by atoms with Crippen LogP contribution >= 0.6 is 0 Å². The highest BCUT2D eigenvalue weighted by Crippen LogP contribution is 2.41. The van der Waals surface area contributed by atoms with Crippen LogP contribution < -0.4 is 10.5 Å². The Labute approximate surface area is 135 Å². The Kier molecular flexibility index (Phi) is 3.47. The van der Waals surface area contributed by atoms with E-state index < -0.39 is 29.3 Å². The number of carbonyl (C=O) groups excluding carboxylic acids is 1. The first kappa shape index (κ1) is 15.0. The lowest BCUT2D eigenvalue weighted by molar-refractivity contribution is 0.0937. The van der Waals surface area contributed by atoms with E-state index in [0.29, 0.717) is 12.8 Å². The summed E-state index contributed by atoms with van der Waals surface area (Å²) in [6.45, 7) is 0.279. The number of rotatable bonds is 3. The summed E-state index contributed by atoms with van der Waals surface area (Å²) >= 11 is 0. The number of hydrogen-bond acceptors (Lipinski definition) is 4. The summed E-state index contributed by atoms with van der Waals surface area (Å²) < 4.78 is 31.9. The van der Waals surface area contributed by atoms with E-state index in [-0.39, 0.29) is 24.0 Å². The number of amides is 1. The molecule has 0 spiro atoms. The molecule has 4 rings (SSSR count). The molecule has 2 aromatic heterocycles. The number of aryl methyl sites for hydroxylation is 1. The molecule has 2 aromatic rings. The maximum absolute atomic E-state index is 13.3. The van der Waals surface area contributed by atoms with Crippen molar-refractivity contribution in [1.29, 1.82) is 0 Å². The number of carbonyl (C=O) groups is 1. The molecule has 1 aliphatic heterocycles. The number of alkyl halides is 2. The highest BCUT2D eigenvalue weighted by atomic mass is 19.3. The van der Waals surface area contributed by atoms with E-state index >= 15 is 0 Å². The Balaban J connectivity index is 1.77. The smallest absolute Gasteiger partial charge is 0.296 e. The van der Waals surface area contributed by atoms with Gasteiger partial charge in [0, 0.05) is 18.7 Å². The highest BCUT2D eigenvalue weighted by molar-refractivity contribution is 6.05. The third-order valence-electron chi connectivity index (χ3n) is 4.36. The van der Waals surface area contributed by atoms with E-state index in [1.54, 1.807) is 6.07 Å². The summed E-state index contributed by atoms with van der Waals surface area (Å²) in [6, 6.07) is 1.72. The number of halogens is 2. The van der Waals surface area contributed by atoms with Crippen molar-refractivity contribution in [3.8, 4) is 0 Å².